The van der Waals surface area contributed by atoms with Gasteiger partial charge in [-0.3, -0.25) is 4.98 Å². The smallest absolute Gasteiger partial charge is 0.0605 e. The Kier molecular flexibility index (Phi) is 5.34. The lowest BCUT2D eigenvalue weighted by molar-refractivity contribution is 0.593. The molecule has 0 fully saturated rings. The summed E-state index contributed by atoms with van der Waals surface area (Å²) in [7, 11) is 0. The predicted molar refractivity (Wildman–Crippen MR) is 88.3 cm³/mol. The van der Waals surface area contributed by atoms with E-state index in [1.807, 2.05) is 12.4 Å². The number of pyridine rings is 1. The summed E-state index contributed by atoms with van der Waals surface area (Å²) in [5.41, 5.74) is 3.87. The molecule has 2 aromatic rings. The monoisotopic (exact) mass is 366 g/mol. The molecule has 0 saturated carbocycles. The van der Waals surface area contributed by atoms with Crippen LogP contribution in [0.4, 0.5) is 0 Å². The summed E-state index contributed by atoms with van der Waals surface area (Å²) in [6, 6.07) is 10.8. The minimum atomic E-state index is 0.224. The van der Waals surface area contributed by atoms with Crippen LogP contribution in [-0.2, 0) is 0 Å². The molecular weight excluding hydrogens is 347 g/mol. The molecule has 3 heteroatoms. The number of aromatic nitrogens is 1. The molecule has 19 heavy (non-hydrogen) atoms. The van der Waals surface area contributed by atoms with Gasteiger partial charge in [-0.05, 0) is 71.3 Å². The Morgan fingerprint density at radius 1 is 1.21 bits per heavy atom. The maximum Gasteiger partial charge on any atom is 0.0605 e. The molecule has 1 aromatic heterocycles. The highest BCUT2D eigenvalue weighted by molar-refractivity contribution is 14.1. The van der Waals surface area contributed by atoms with E-state index in [2.05, 4.69) is 77.1 Å². The molecule has 100 valence electrons. The molecule has 0 amide bonds. The second-order valence-electron chi connectivity index (χ2n) is 4.64. The summed E-state index contributed by atoms with van der Waals surface area (Å²) >= 11 is 2.41. The van der Waals surface area contributed by atoms with Crippen molar-refractivity contribution in [1.82, 2.24) is 10.3 Å². The van der Waals surface area contributed by atoms with E-state index >= 15 is 0 Å². The number of hydrogen-bond donors (Lipinski definition) is 1. The molecule has 1 N–H and O–H groups in total. The van der Waals surface area contributed by atoms with Crippen LogP contribution < -0.4 is 5.32 Å². The van der Waals surface area contributed by atoms with Gasteiger partial charge in [0.25, 0.3) is 0 Å². The number of aryl methyl sites for hydroxylation is 1. The lowest BCUT2D eigenvalue weighted by Crippen LogP contribution is -2.24. The summed E-state index contributed by atoms with van der Waals surface area (Å²) in [6.45, 7) is 5.34. The first-order valence-electron chi connectivity index (χ1n) is 6.62. The fraction of sp³-hybridized carbons (Fsp3) is 0.312. The first-order valence-corrected chi connectivity index (χ1v) is 7.70. The summed E-state index contributed by atoms with van der Waals surface area (Å²) in [5.74, 6) is 0. The maximum absolute atomic E-state index is 4.29. The second-order valence-corrected chi connectivity index (χ2v) is 5.80. The van der Waals surface area contributed by atoms with Crippen LogP contribution in [0.25, 0.3) is 0 Å². The summed E-state index contributed by atoms with van der Waals surface area (Å²) in [6.07, 6.45) is 4.95. The van der Waals surface area contributed by atoms with E-state index in [0.717, 1.165) is 13.0 Å². The normalized spacial score (nSPS) is 12.4. The molecule has 0 aliphatic heterocycles. The van der Waals surface area contributed by atoms with Crippen LogP contribution in [0.15, 0.2) is 42.7 Å². The molecule has 0 spiro atoms. The molecule has 1 heterocycles. The van der Waals surface area contributed by atoms with Crippen molar-refractivity contribution >= 4 is 22.6 Å². The number of benzene rings is 1. The number of hydrogen-bond acceptors (Lipinski definition) is 2. The summed E-state index contributed by atoms with van der Waals surface area (Å²) in [5, 5.41) is 3.64. The number of rotatable bonds is 5. The van der Waals surface area contributed by atoms with E-state index in [1.54, 1.807) is 0 Å². The molecule has 1 unspecified atom stereocenters. The third-order valence-electron chi connectivity index (χ3n) is 3.21. The van der Waals surface area contributed by atoms with Crippen LogP contribution >= 0.6 is 22.6 Å². The number of nitrogens with one attached hydrogen (secondary N) is 1. The molecule has 0 saturated heterocycles. The molecule has 0 radical (unpaired) electrons. The van der Waals surface area contributed by atoms with Crippen LogP contribution in [0, 0.1) is 10.5 Å². The van der Waals surface area contributed by atoms with Crippen molar-refractivity contribution < 1.29 is 0 Å². The van der Waals surface area contributed by atoms with Gasteiger partial charge in [0.05, 0.1) is 6.04 Å². The zero-order chi connectivity index (χ0) is 13.7. The minimum absolute atomic E-state index is 0.224. The van der Waals surface area contributed by atoms with Crippen molar-refractivity contribution in [2.45, 2.75) is 26.3 Å². The number of nitrogens with zero attached hydrogens (tertiary/aromatic N) is 1. The third kappa shape index (κ3) is 3.54. The van der Waals surface area contributed by atoms with Crippen LogP contribution in [0.5, 0.6) is 0 Å². The molecule has 0 bridgehead atoms. The Morgan fingerprint density at radius 2 is 2.00 bits per heavy atom. The first kappa shape index (κ1) is 14.5. The number of halogens is 1. The zero-order valence-electron chi connectivity index (χ0n) is 11.4. The van der Waals surface area contributed by atoms with Gasteiger partial charge in [0, 0.05) is 16.0 Å². The van der Waals surface area contributed by atoms with E-state index < -0.39 is 0 Å². The lowest BCUT2D eigenvalue weighted by Gasteiger charge is -2.22. The highest BCUT2D eigenvalue weighted by atomic mass is 127. The van der Waals surface area contributed by atoms with E-state index in [9.17, 15) is 0 Å². The van der Waals surface area contributed by atoms with Crippen LogP contribution in [-0.4, -0.2) is 11.5 Å². The van der Waals surface area contributed by atoms with E-state index in [4.69, 9.17) is 0 Å². The van der Waals surface area contributed by atoms with Crippen LogP contribution in [0.3, 0.4) is 0 Å². The zero-order valence-corrected chi connectivity index (χ0v) is 13.5. The largest absolute Gasteiger partial charge is 0.306 e. The Bertz CT molecular complexity index is 494. The van der Waals surface area contributed by atoms with E-state index in [1.165, 1.54) is 20.3 Å². The Hall–Kier alpha value is -0.940. The van der Waals surface area contributed by atoms with Crippen molar-refractivity contribution in [2.24, 2.45) is 0 Å². The van der Waals surface area contributed by atoms with Gasteiger partial charge < -0.3 is 5.32 Å². The Balaban J connectivity index is 2.42. The van der Waals surface area contributed by atoms with Crippen molar-refractivity contribution in [1.29, 1.82) is 0 Å². The van der Waals surface area contributed by atoms with Gasteiger partial charge in [-0.1, -0.05) is 25.1 Å². The molecule has 2 nitrogen and oxygen atoms in total. The minimum Gasteiger partial charge on any atom is -0.306 e. The topological polar surface area (TPSA) is 24.9 Å². The van der Waals surface area contributed by atoms with E-state index in [0.29, 0.717) is 0 Å². The van der Waals surface area contributed by atoms with Gasteiger partial charge in [-0.15, -0.1) is 0 Å². The SMILES string of the molecule is CCCNC(c1cnccc1C)c1ccccc1I. The van der Waals surface area contributed by atoms with E-state index in [-0.39, 0.29) is 6.04 Å². The van der Waals surface area contributed by atoms with Crippen molar-refractivity contribution in [3.8, 4) is 0 Å². The van der Waals surface area contributed by atoms with Gasteiger partial charge >= 0.3 is 0 Å². The predicted octanol–water partition coefficient (Wildman–Crippen LogP) is 4.08. The van der Waals surface area contributed by atoms with Crippen LogP contribution in [0.1, 0.15) is 36.1 Å². The Labute approximate surface area is 128 Å². The quantitative estimate of drug-likeness (QED) is 0.807. The van der Waals surface area contributed by atoms with Gasteiger partial charge in [-0.2, -0.15) is 0 Å². The van der Waals surface area contributed by atoms with Crippen molar-refractivity contribution in [3.05, 3.63) is 63.0 Å². The summed E-state index contributed by atoms with van der Waals surface area (Å²) in [4.78, 5) is 4.29. The maximum atomic E-state index is 4.29. The third-order valence-corrected chi connectivity index (χ3v) is 4.19. The van der Waals surface area contributed by atoms with Gasteiger partial charge in [0.2, 0.25) is 0 Å². The first-order chi connectivity index (χ1) is 9.24. The highest BCUT2D eigenvalue weighted by Gasteiger charge is 2.17. The molecule has 2 rings (SSSR count). The Morgan fingerprint density at radius 3 is 2.68 bits per heavy atom. The van der Waals surface area contributed by atoms with Crippen molar-refractivity contribution in [3.63, 3.8) is 0 Å². The fourth-order valence-corrected chi connectivity index (χ4v) is 2.86. The van der Waals surface area contributed by atoms with Gasteiger partial charge in [-0.25, -0.2) is 0 Å². The van der Waals surface area contributed by atoms with Gasteiger partial charge in [0.15, 0.2) is 0 Å². The van der Waals surface area contributed by atoms with Crippen molar-refractivity contribution in [2.75, 3.05) is 6.54 Å². The second kappa shape index (κ2) is 7.01. The van der Waals surface area contributed by atoms with Crippen LogP contribution in [0.2, 0.25) is 0 Å². The lowest BCUT2D eigenvalue weighted by atomic mass is 9.96. The average Bonchev–Trinajstić information content (AvgIpc) is 2.42. The average molecular weight is 366 g/mol. The molecule has 0 aliphatic rings. The molecular formula is C16H19IN2. The molecule has 1 aromatic carbocycles. The van der Waals surface area contributed by atoms with Gasteiger partial charge in [0.1, 0.15) is 0 Å². The standard InChI is InChI=1S/C16H19IN2/c1-3-9-19-16(13-6-4-5-7-15(13)17)14-11-18-10-8-12(14)2/h4-8,10-11,16,19H,3,9H2,1-2H3. The summed E-state index contributed by atoms with van der Waals surface area (Å²) < 4.78 is 1.29. The highest BCUT2D eigenvalue weighted by Crippen LogP contribution is 2.27. The molecule has 0 aliphatic carbocycles. The fourth-order valence-electron chi connectivity index (χ4n) is 2.16. The molecule has 1 atom stereocenters.